The second-order valence-electron chi connectivity index (χ2n) is 5.49. The van der Waals surface area contributed by atoms with Crippen molar-refractivity contribution in [3.8, 4) is 0 Å². The van der Waals surface area contributed by atoms with E-state index < -0.39 is 0 Å². The Labute approximate surface area is 139 Å². The van der Waals surface area contributed by atoms with Crippen molar-refractivity contribution in [2.24, 2.45) is 0 Å². The zero-order valence-corrected chi connectivity index (χ0v) is 15.1. The molecule has 0 fully saturated rings. The average molecular weight is 339 g/mol. The number of fused-ring (bicyclic) bond motifs is 1. The van der Waals surface area contributed by atoms with E-state index in [1.807, 2.05) is 11.3 Å². The summed E-state index contributed by atoms with van der Waals surface area (Å²) >= 11 is 5.87. The number of thiophene rings is 1. The predicted octanol–water partition coefficient (Wildman–Crippen LogP) is 4.59. The highest BCUT2D eigenvalue weighted by Gasteiger charge is 2.20. The first kappa shape index (κ1) is 15.5. The number of aromatic nitrogens is 1. The third-order valence-corrected chi connectivity index (χ3v) is 7.02. The number of aryl methyl sites for hydroxylation is 2. The van der Waals surface area contributed by atoms with Gasteiger partial charge in [-0.1, -0.05) is 6.92 Å². The molecule has 1 atom stereocenters. The molecule has 3 rings (SSSR count). The summed E-state index contributed by atoms with van der Waals surface area (Å²) in [7, 11) is 0. The van der Waals surface area contributed by atoms with Crippen molar-refractivity contribution in [2.45, 2.75) is 44.9 Å². The second kappa shape index (κ2) is 7.27. The molecule has 5 heteroatoms. The van der Waals surface area contributed by atoms with Crippen LogP contribution < -0.4 is 5.32 Å². The van der Waals surface area contributed by atoms with Crippen molar-refractivity contribution in [3.63, 3.8) is 0 Å². The van der Waals surface area contributed by atoms with Gasteiger partial charge in [0.15, 0.2) is 0 Å². The smallest absolute Gasteiger partial charge is 0.0947 e. The van der Waals surface area contributed by atoms with Crippen LogP contribution in [0, 0.1) is 6.92 Å². The number of thioether (sulfide) groups is 1. The van der Waals surface area contributed by atoms with Gasteiger partial charge in [0.25, 0.3) is 0 Å². The van der Waals surface area contributed by atoms with Crippen LogP contribution in [-0.4, -0.2) is 17.3 Å². The first-order valence-corrected chi connectivity index (χ1v) is 10.4. The minimum atomic E-state index is 0.427. The molecule has 0 bridgehead atoms. The van der Waals surface area contributed by atoms with Crippen molar-refractivity contribution in [2.75, 3.05) is 12.3 Å². The first-order valence-electron chi connectivity index (χ1n) is 7.60. The summed E-state index contributed by atoms with van der Waals surface area (Å²) < 4.78 is 0. The van der Waals surface area contributed by atoms with Crippen molar-refractivity contribution < 1.29 is 0 Å². The van der Waals surface area contributed by atoms with Gasteiger partial charge in [-0.05, 0) is 43.7 Å². The minimum Gasteiger partial charge on any atom is -0.309 e. The van der Waals surface area contributed by atoms with Crippen LogP contribution in [0.15, 0.2) is 11.4 Å². The third kappa shape index (κ3) is 3.89. The Kier molecular flexibility index (Phi) is 5.38. The molecule has 21 heavy (non-hydrogen) atoms. The van der Waals surface area contributed by atoms with Crippen LogP contribution in [0.2, 0.25) is 0 Å². The Balaban J connectivity index is 1.79. The maximum absolute atomic E-state index is 4.64. The molecule has 0 aromatic carbocycles. The van der Waals surface area contributed by atoms with Crippen molar-refractivity contribution in [1.82, 2.24) is 10.3 Å². The molecule has 0 aliphatic carbocycles. The Morgan fingerprint density at radius 1 is 1.43 bits per heavy atom. The molecular formula is C16H22N2S3. The quantitative estimate of drug-likeness (QED) is 0.834. The lowest BCUT2D eigenvalue weighted by Crippen LogP contribution is -2.23. The molecule has 114 valence electrons. The normalized spacial score (nSPS) is 15.9. The average Bonchev–Trinajstić information content (AvgIpc) is 3.09. The van der Waals surface area contributed by atoms with E-state index in [4.69, 9.17) is 0 Å². The van der Waals surface area contributed by atoms with Gasteiger partial charge in [-0.3, -0.25) is 0 Å². The lowest BCUT2D eigenvalue weighted by Gasteiger charge is -2.15. The monoisotopic (exact) mass is 338 g/mol. The molecule has 2 nitrogen and oxygen atoms in total. The highest BCUT2D eigenvalue weighted by atomic mass is 32.2. The van der Waals surface area contributed by atoms with E-state index in [0.717, 1.165) is 18.7 Å². The second-order valence-corrected chi connectivity index (χ2v) is 8.71. The summed E-state index contributed by atoms with van der Waals surface area (Å²) in [5.74, 6) is 2.48. The molecule has 0 spiro atoms. The lowest BCUT2D eigenvalue weighted by atomic mass is 10.1. The van der Waals surface area contributed by atoms with E-state index >= 15 is 0 Å². The number of nitrogens with zero attached hydrogens (tertiary/aromatic N) is 1. The summed E-state index contributed by atoms with van der Waals surface area (Å²) in [6.45, 7) is 5.38. The maximum atomic E-state index is 4.64. The molecule has 2 aromatic heterocycles. The summed E-state index contributed by atoms with van der Waals surface area (Å²) in [6, 6.07) is 2.87. The van der Waals surface area contributed by atoms with Crippen molar-refractivity contribution in [1.29, 1.82) is 0 Å². The van der Waals surface area contributed by atoms with Crippen LogP contribution in [-0.2, 0) is 18.6 Å². The van der Waals surface area contributed by atoms with Gasteiger partial charge in [0, 0.05) is 39.0 Å². The molecule has 3 heterocycles. The number of rotatable bonds is 6. The SMILES string of the molecule is CCCNC(Cc1nc(C)cs1)c1cc2c(s1)CCSC2. The fraction of sp³-hybridized carbons (Fsp3) is 0.562. The van der Waals surface area contributed by atoms with Crippen LogP contribution in [0.1, 0.15) is 45.4 Å². The van der Waals surface area contributed by atoms with Crippen LogP contribution in [0.25, 0.3) is 0 Å². The van der Waals surface area contributed by atoms with E-state index in [2.05, 4.69) is 47.4 Å². The zero-order valence-electron chi connectivity index (χ0n) is 12.6. The summed E-state index contributed by atoms with van der Waals surface area (Å²) in [5.41, 5.74) is 2.72. The van der Waals surface area contributed by atoms with Crippen LogP contribution in [0.5, 0.6) is 0 Å². The van der Waals surface area contributed by atoms with E-state index in [1.54, 1.807) is 21.8 Å². The molecule has 1 N–H and O–H groups in total. The molecule has 0 amide bonds. The predicted molar refractivity (Wildman–Crippen MR) is 95.8 cm³/mol. The standard InChI is InChI=1S/C16H22N2S3/c1-3-5-17-13(8-16-18-11(2)9-20-16)15-7-12-10-19-6-4-14(12)21-15/h7,9,13,17H,3-6,8,10H2,1-2H3. The van der Waals surface area contributed by atoms with Gasteiger partial charge < -0.3 is 5.32 Å². The fourth-order valence-corrected chi connectivity index (χ4v) is 5.88. The van der Waals surface area contributed by atoms with E-state index in [9.17, 15) is 0 Å². The topological polar surface area (TPSA) is 24.9 Å². The summed E-state index contributed by atoms with van der Waals surface area (Å²) in [5, 5.41) is 7.13. The molecule has 0 saturated heterocycles. The number of hydrogen-bond acceptors (Lipinski definition) is 5. The lowest BCUT2D eigenvalue weighted by molar-refractivity contribution is 0.535. The maximum Gasteiger partial charge on any atom is 0.0947 e. The Bertz CT molecular complexity index is 565. The first-order chi connectivity index (χ1) is 10.3. The Hall–Kier alpha value is -0.360. The highest BCUT2D eigenvalue weighted by molar-refractivity contribution is 7.98. The summed E-state index contributed by atoms with van der Waals surface area (Å²) in [6.07, 6.45) is 3.45. The molecule has 1 aliphatic rings. The van der Waals surface area contributed by atoms with Gasteiger partial charge in [-0.2, -0.15) is 11.8 Å². The number of nitrogens with one attached hydrogen (secondary N) is 1. The highest BCUT2D eigenvalue weighted by Crippen LogP contribution is 2.35. The third-order valence-electron chi connectivity index (χ3n) is 3.68. The van der Waals surface area contributed by atoms with E-state index in [-0.39, 0.29) is 0 Å². The largest absolute Gasteiger partial charge is 0.309 e. The fourth-order valence-electron chi connectivity index (χ4n) is 2.60. The molecule has 2 aromatic rings. The Morgan fingerprint density at radius 2 is 2.33 bits per heavy atom. The summed E-state index contributed by atoms with van der Waals surface area (Å²) in [4.78, 5) is 7.76. The van der Waals surface area contributed by atoms with E-state index in [1.165, 1.54) is 34.2 Å². The van der Waals surface area contributed by atoms with Gasteiger partial charge in [-0.25, -0.2) is 4.98 Å². The van der Waals surface area contributed by atoms with E-state index in [0.29, 0.717) is 6.04 Å². The van der Waals surface area contributed by atoms with Gasteiger partial charge in [-0.15, -0.1) is 22.7 Å². The number of hydrogen-bond donors (Lipinski definition) is 1. The molecule has 0 saturated carbocycles. The minimum absolute atomic E-state index is 0.427. The zero-order chi connectivity index (χ0) is 14.7. The van der Waals surface area contributed by atoms with Gasteiger partial charge >= 0.3 is 0 Å². The molecule has 1 aliphatic heterocycles. The van der Waals surface area contributed by atoms with Crippen LogP contribution >= 0.6 is 34.4 Å². The van der Waals surface area contributed by atoms with Crippen LogP contribution in [0.4, 0.5) is 0 Å². The van der Waals surface area contributed by atoms with Crippen molar-refractivity contribution in [3.05, 3.63) is 37.5 Å². The van der Waals surface area contributed by atoms with Crippen molar-refractivity contribution >= 4 is 34.4 Å². The number of thiazole rings is 1. The Morgan fingerprint density at radius 3 is 3.05 bits per heavy atom. The van der Waals surface area contributed by atoms with Gasteiger partial charge in [0.1, 0.15) is 0 Å². The van der Waals surface area contributed by atoms with Gasteiger partial charge in [0.2, 0.25) is 0 Å². The molecule has 0 radical (unpaired) electrons. The molecule has 1 unspecified atom stereocenters. The molecular weight excluding hydrogens is 316 g/mol. The van der Waals surface area contributed by atoms with Crippen LogP contribution in [0.3, 0.4) is 0 Å². The van der Waals surface area contributed by atoms with Gasteiger partial charge in [0.05, 0.1) is 5.01 Å².